The minimum atomic E-state index is -0.555. The van der Waals surface area contributed by atoms with E-state index in [0.29, 0.717) is 5.56 Å². The number of carbonyl (C=O) groups excluding carboxylic acids is 1. The molecule has 2 rings (SSSR count). The third-order valence-corrected chi connectivity index (χ3v) is 2.93. The lowest BCUT2D eigenvalue weighted by atomic mass is 10.1. The molecule has 0 unspecified atom stereocenters. The van der Waals surface area contributed by atoms with Crippen LogP contribution >= 0.6 is 0 Å². The minimum Gasteiger partial charge on any atom is -0.497 e. The van der Waals surface area contributed by atoms with Gasteiger partial charge >= 0.3 is 5.97 Å². The van der Waals surface area contributed by atoms with E-state index in [2.05, 4.69) is 0 Å². The number of benzene rings is 2. The zero-order valence-electron chi connectivity index (χ0n) is 11.5. The fourth-order valence-corrected chi connectivity index (χ4v) is 1.75. The summed E-state index contributed by atoms with van der Waals surface area (Å²) in [6.07, 6.45) is 0. The van der Waals surface area contributed by atoms with Crippen molar-refractivity contribution in [2.75, 3.05) is 12.8 Å². The van der Waals surface area contributed by atoms with E-state index in [1.807, 2.05) is 6.07 Å². The molecular weight excluding hydrogens is 268 g/mol. The maximum Gasteiger partial charge on any atom is 0.340 e. The first-order valence-electron chi connectivity index (χ1n) is 6.23. The molecular formula is C16H14N2O3. The van der Waals surface area contributed by atoms with Crippen LogP contribution in [0.3, 0.4) is 0 Å². The third kappa shape index (κ3) is 3.51. The summed E-state index contributed by atoms with van der Waals surface area (Å²) in [7, 11) is 1.58. The van der Waals surface area contributed by atoms with Crippen molar-refractivity contribution >= 4 is 11.7 Å². The van der Waals surface area contributed by atoms with E-state index in [9.17, 15) is 4.79 Å². The first kappa shape index (κ1) is 14.4. The molecule has 0 aromatic heterocycles. The predicted octanol–water partition coefficient (Wildman–Crippen LogP) is 2.51. The lowest BCUT2D eigenvalue weighted by Gasteiger charge is -2.08. The summed E-state index contributed by atoms with van der Waals surface area (Å²) in [5, 5.41) is 8.84. The minimum absolute atomic E-state index is 0.124. The number of nitriles is 1. The summed E-state index contributed by atoms with van der Waals surface area (Å²) >= 11 is 0. The Bertz CT molecular complexity index is 688. The van der Waals surface area contributed by atoms with Gasteiger partial charge in [-0.2, -0.15) is 5.26 Å². The van der Waals surface area contributed by atoms with Crippen LogP contribution in [0.1, 0.15) is 21.5 Å². The molecule has 5 heteroatoms. The number of methoxy groups -OCH3 is 1. The molecule has 0 aliphatic carbocycles. The van der Waals surface area contributed by atoms with Crippen molar-refractivity contribution < 1.29 is 14.3 Å². The summed E-state index contributed by atoms with van der Waals surface area (Å²) in [5.74, 6) is 0.177. The van der Waals surface area contributed by atoms with E-state index < -0.39 is 5.97 Å². The molecule has 0 aliphatic rings. The van der Waals surface area contributed by atoms with E-state index in [-0.39, 0.29) is 17.9 Å². The van der Waals surface area contributed by atoms with Gasteiger partial charge in [-0.25, -0.2) is 4.79 Å². The highest BCUT2D eigenvalue weighted by atomic mass is 16.5. The molecule has 5 nitrogen and oxygen atoms in total. The fraction of sp³-hybridized carbons (Fsp3) is 0.125. The van der Waals surface area contributed by atoms with Crippen LogP contribution in [-0.2, 0) is 11.3 Å². The number of carbonyl (C=O) groups is 1. The first-order valence-corrected chi connectivity index (χ1v) is 6.23. The Morgan fingerprint density at radius 1 is 1.24 bits per heavy atom. The topological polar surface area (TPSA) is 85.3 Å². The zero-order chi connectivity index (χ0) is 15.2. The molecule has 0 atom stereocenters. The van der Waals surface area contributed by atoms with Crippen molar-refractivity contribution in [1.29, 1.82) is 5.26 Å². The van der Waals surface area contributed by atoms with Gasteiger partial charge in [0, 0.05) is 5.69 Å². The molecule has 0 bridgehead atoms. The molecule has 21 heavy (non-hydrogen) atoms. The summed E-state index contributed by atoms with van der Waals surface area (Å²) in [6.45, 7) is 0.124. The molecule has 0 heterocycles. The number of hydrogen-bond acceptors (Lipinski definition) is 5. The molecule has 2 aromatic rings. The number of nitrogens with two attached hydrogens (primary N) is 1. The Morgan fingerprint density at radius 3 is 2.57 bits per heavy atom. The van der Waals surface area contributed by atoms with Gasteiger partial charge in [0.1, 0.15) is 12.4 Å². The van der Waals surface area contributed by atoms with E-state index in [4.69, 9.17) is 20.5 Å². The van der Waals surface area contributed by atoms with Gasteiger partial charge in [-0.15, -0.1) is 0 Å². The summed E-state index contributed by atoms with van der Waals surface area (Å²) in [4.78, 5) is 12.0. The average Bonchev–Trinajstić information content (AvgIpc) is 2.53. The number of ether oxygens (including phenoxy) is 2. The number of nitrogen functional groups attached to an aromatic ring is 1. The average molecular weight is 282 g/mol. The van der Waals surface area contributed by atoms with Gasteiger partial charge < -0.3 is 15.2 Å². The van der Waals surface area contributed by atoms with Crippen molar-refractivity contribution in [3.8, 4) is 11.8 Å². The van der Waals surface area contributed by atoms with E-state index in [0.717, 1.165) is 11.3 Å². The van der Waals surface area contributed by atoms with Crippen LogP contribution in [0, 0.1) is 11.3 Å². The maximum absolute atomic E-state index is 12.0. The third-order valence-electron chi connectivity index (χ3n) is 2.93. The van der Waals surface area contributed by atoms with E-state index in [1.165, 1.54) is 12.1 Å². The SMILES string of the molecule is COc1ccc(COC(=O)c2cc(C#N)ccc2N)cc1. The highest BCUT2D eigenvalue weighted by Gasteiger charge is 2.12. The molecule has 0 saturated carbocycles. The number of rotatable bonds is 4. The van der Waals surface area contributed by atoms with Crippen molar-refractivity contribution in [1.82, 2.24) is 0 Å². The van der Waals surface area contributed by atoms with Gasteiger partial charge in [0.15, 0.2) is 0 Å². The number of nitrogens with zero attached hydrogens (tertiary/aromatic N) is 1. The van der Waals surface area contributed by atoms with Crippen LogP contribution in [0.15, 0.2) is 42.5 Å². The predicted molar refractivity (Wildman–Crippen MR) is 77.7 cm³/mol. The number of hydrogen-bond donors (Lipinski definition) is 1. The Labute approximate surface area is 122 Å². The standard InChI is InChI=1S/C16H14N2O3/c1-20-13-5-2-11(3-6-13)10-21-16(19)14-8-12(9-17)4-7-15(14)18/h2-8H,10,18H2,1H3. The summed E-state index contributed by atoms with van der Waals surface area (Å²) < 4.78 is 10.2. The molecule has 0 aliphatic heterocycles. The van der Waals surface area contributed by atoms with Crippen molar-refractivity contribution in [3.63, 3.8) is 0 Å². The maximum atomic E-state index is 12.0. The Hall–Kier alpha value is -3.00. The van der Waals surface area contributed by atoms with Gasteiger partial charge in [0.25, 0.3) is 0 Å². The van der Waals surface area contributed by atoms with Gasteiger partial charge in [-0.05, 0) is 35.9 Å². The second kappa shape index (κ2) is 6.44. The second-order valence-corrected chi connectivity index (χ2v) is 4.34. The lowest BCUT2D eigenvalue weighted by Crippen LogP contribution is -2.08. The molecule has 0 saturated heterocycles. The largest absolute Gasteiger partial charge is 0.497 e. The van der Waals surface area contributed by atoms with Crippen LogP contribution in [0.4, 0.5) is 5.69 Å². The van der Waals surface area contributed by atoms with Crippen LogP contribution in [0.5, 0.6) is 5.75 Å². The lowest BCUT2D eigenvalue weighted by molar-refractivity contribution is 0.0474. The van der Waals surface area contributed by atoms with Crippen molar-refractivity contribution in [2.24, 2.45) is 0 Å². The second-order valence-electron chi connectivity index (χ2n) is 4.34. The molecule has 2 N–H and O–H groups in total. The molecule has 0 fully saturated rings. The van der Waals surface area contributed by atoms with Crippen molar-refractivity contribution in [3.05, 3.63) is 59.2 Å². The van der Waals surface area contributed by atoms with E-state index >= 15 is 0 Å². The number of anilines is 1. The summed E-state index contributed by atoms with van der Waals surface area (Å²) in [5.41, 5.74) is 7.40. The van der Waals surface area contributed by atoms with Crippen LogP contribution in [-0.4, -0.2) is 13.1 Å². The smallest absolute Gasteiger partial charge is 0.340 e. The molecule has 106 valence electrons. The zero-order valence-corrected chi connectivity index (χ0v) is 11.5. The molecule has 0 spiro atoms. The normalized spacial score (nSPS) is 9.71. The van der Waals surface area contributed by atoms with Gasteiger partial charge in [-0.3, -0.25) is 0 Å². The quantitative estimate of drug-likeness (QED) is 0.688. The van der Waals surface area contributed by atoms with Crippen LogP contribution in [0.2, 0.25) is 0 Å². The highest BCUT2D eigenvalue weighted by Crippen LogP contribution is 2.17. The van der Waals surface area contributed by atoms with Crippen LogP contribution in [0.25, 0.3) is 0 Å². The van der Waals surface area contributed by atoms with Crippen LogP contribution < -0.4 is 10.5 Å². The molecule has 0 radical (unpaired) electrons. The Balaban J connectivity index is 2.06. The summed E-state index contributed by atoms with van der Waals surface area (Å²) in [6, 6.07) is 13.6. The highest BCUT2D eigenvalue weighted by molar-refractivity contribution is 5.95. The van der Waals surface area contributed by atoms with Gasteiger partial charge in [0.05, 0.1) is 24.3 Å². The molecule has 2 aromatic carbocycles. The molecule has 0 amide bonds. The monoisotopic (exact) mass is 282 g/mol. The first-order chi connectivity index (χ1) is 10.1. The Kier molecular flexibility index (Phi) is 4.42. The Morgan fingerprint density at radius 2 is 1.95 bits per heavy atom. The number of esters is 1. The van der Waals surface area contributed by atoms with E-state index in [1.54, 1.807) is 37.4 Å². The van der Waals surface area contributed by atoms with Gasteiger partial charge in [0.2, 0.25) is 0 Å². The van der Waals surface area contributed by atoms with Crippen molar-refractivity contribution in [2.45, 2.75) is 6.61 Å². The fourth-order valence-electron chi connectivity index (χ4n) is 1.75. The van der Waals surface area contributed by atoms with Gasteiger partial charge in [-0.1, -0.05) is 12.1 Å².